The van der Waals surface area contributed by atoms with Crippen molar-refractivity contribution in [3.05, 3.63) is 36.5 Å². The van der Waals surface area contributed by atoms with Crippen LogP contribution in [0.4, 0.5) is 0 Å². The lowest BCUT2D eigenvalue weighted by molar-refractivity contribution is -0.114. The molecule has 0 amide bonds. The lowest BCUT2D eigenvalue weighted by atomic mass is 10.1. The van der Waals surface area contributed by atoms with Gasteiger partial charge in [-0.05, 0) is 84.4 Å². The molecule has 0 rings (SSSR count). The lowest BCUT2D eigenvalue weighted by Crippen LogP contribution is -2.34. The molecule has 0 aliphatic carbocycles. The van der Waals surface area contributed by atoms with Crippen LogP contribution in [0.25, 0.3) is 0 Å². The van der Waals surface area contributed by atoms with Crippen LogP contribution in [-0.4, -0.2) is 35.1 Å². The van der Waals surface area contributed by atoms with E-state index in [0.717, 1.165) is 38.7 Å². The molecule has 0 saturated heterocycles. The molecule has 0 N–H and O–H groups in total. The largest absolute Gasteiger partial charge is 0.418 e. The van der Waals surface area contributed by atoms with E-state index in [2.05, 4.69) is 45.4 Å². The summed E-state index contributed by atoms with van der Waals surface area (Å²) in [7, 11) is -3.05. The number of allylic oxidation sites excluding steroid dienone is 6. The van der Waals surface area contributed by atoms with Crippen molar-refractivity contribution in [1.29, 1.82) is 0 Å². The molecule has 0 heterocycles. The van der Waals surface area contributed by atoms with Crippen molar-refractivity contribution in [2.24, 2.45) is 0 Å². The molecular weight excluding hydrogens is 368 g/mol. The highest BCUT2D eigenvalue weighted by atomic mass is 28.4. The van der Waals surface area contributed by atoms with Gasteiger partial charge >= 0.3 is 0 Å². The highest BCUT2D eigenvalue weighted by Gasteiger charge is 2.22. The van der Waals surface area contributed by atoms with Crippen LogP contribution < -0.4 is 0 Å². The second-order valence-electron chi connectivity index (χ2n) is 8.89. The fourth-order valence-corrected chi connectivity index (χ4v) is 4.48. The molecule has 1 atom stereocenters. The molecule has 27 heavy (non-hydrogen) atoms. The van der Waals surface area contributed by atoms with Crippen molar-refractivity contribution in [1.82, 2.24) is 0 Å². The first-order chi connectivity index (χ1) is 12.5. The number of hydrogen-bond donors (Lipinski definition) is 0. The zero-order valence-corrected chi connectivity index (χ0v) is 20.7. The third kappa shape index (κ3) is 19.8. The fourth-order valence-electron chi connectivity index (χ4n) is 2.52. The van der Waals surface area contributed by atoms with Crippen LogP contribution >= 0.6 is 0 Å². The van der Waals surface area contributed by atoms with Gasteiger partial charge in [0, 0.05) is 19.1 Å². The highest BCUT2D eigenvalue weighted by Crippen LogP contribution is 2.16. The van der Waals surface area contributed by atoms with Gasteiger partial charge in [0.25, 0.3) is 0 Å². The summed E-state index contributed by atoms with van der Waals surface area (Å²) in [6.07, 6.45) is 17.4. The van der Waals surface area contributed by atoms with Gasteiger partial charge < -0.3 is 8.85 Å². The number of unbranched alkanes of at least 4 members (excludes halogenated alkanes) is 1. The summed E-state index contributed by atoms with van der Waals surface area (Å²) in [5.41, 5.74) is 0. The van der Waals surface area contributed by atoms with E-state index in [1.165, 1.54) is 0 Å². The minimum atomic E-state index is -1.58. The van der Waals surface area contributed by atoms with Crippen molar-refractivity contribution in [2.75, 3.05) is 6.61 Å². The number of rotatable bonds is 15. The molecule has 0 aliphatic rings. The molecule has 0 fully saturated rings. The Labute approximate surface area is 170 Å². The molecule has 5 heteroatoms. The van der Waals surface area contributed by atoms with E-state index in [1.54, 1.807) is 6.08 Å². The van der Waals surface area contributed by atoms with Crippen molar-refractivity contribution in [2.45, 2.75) is 90.8 Å². The molecule has 0 unspecified atom stereocenters. The quantitative estimate of drug-likeness (QED) is 0.131. The van der Waals surface area contributed by atoms with Gasteiger partial charge in [0.1, 0.15) is 0 Å². The summed E-state index contributed by atoms with van der Waals surface area (Å²) in [6.45, 7) is 16.1. The number of carbonyl (C=O) groups is 1. The summed E-state index contributed by atoms with van der Waals surface area (Å²) in [6, 6.07) is 0. The number of carbonyl (C=O) groups excluding carboxylic acids is 1. The SMILES string of the molecule is C/C=C/C=C/CCCC(=O)/C=C/CC[C@H](CCO[Si](C)(C)C)O[Si](C)(C)C. The van der Waals surface area contributed by atoms with E-state index in [0.29, 0.717) is 6.42 Å². The molecule has 0 spiro atoms. The van der Waals surface area contributed by atoms with Gasteiger partial charge in [-0.3, -0.25) is 4.79 Å². The second kappa shape index (κ2) is 14.3. The van der Waals surface area contributed by atoms with Gasteiger partial charge in [0.2, 0.25) is 0 Å². The molecule has 0 aromatic heterocycles. The van der Waals surface area contributed by atoms with E-state index in [9.17, 15) is 4.79 Å². The minimum Gasteiger partial charge on any atom is -0.418 e. The standard InChI is InChI=1S/C22H42O3Si2/c1-8-9-10-11-12-13-16-21(23)17-14-15-18-22(25-27(5,6)7)19-20-24-26(2,3)4/h8-11,14,17,22H,12-13,15-16,18-20H2,1-7H3/b9-8+,11-10+,17-14+/t22-/m1/s1. The van der Waals surface area contributed by atoms with Gasteiger partial charge in [-0.15, -0.1) is 0 Å². The van der Waals surface area contributed by atoms with Gasteiger partial charge in [0.15, 0.2) is 22.4 Å². The van der Waals surface area contributed by atoms with E-state index in [4.69, 9.17) is 8.85 Å². The molecule has 0 aromatic rings. The molecule has 3 nitrogen and oxygen atoms in total. The monoisotopic (exact) mass is 410 g/mol. The minimum absolute atomic E-state index is 0.221. The fraction of sp³-hybridized carbons (Fsp3) is 0.682. The van der Waals surface area contributed by atoms with E-state index >= 15 is 0 Å². The van der Waals surface area contributed by atoms with Crippen LogP contribution in [0.1, 0.15) is 45.4 Å². The molecule has 156 valence electrons. The Balaban J connectivity index is 4.20. The first kappa shape index (κ1) is 26.2. The normalized spacial score (nSPS) is 14.6. The molecule has 0 radical (unpaired) electrons. The molecular formula is C22H42O3Si2. The molecule has 0 aliphatic heterocycles. The topological polar surface area (TPSA) is 35.5 Å². The smallest absolute Gasteiger partial charge is 0.184 e. The Kier molecular flexibility index (Phi) is 13.9. The van der Waals surface area contributed by atoms with Crippen LogP contribution in [0.5, 0.6) is 0 Å². The Morgan fingerprint density at radius 2 is 1.63 bits per heavy atom. The zero-order chi connectivity index (χ0) is 20.8. The summed E-state index contributed by atoms with van der Waals surface area (Å²) in [5, 5.41) is 0. The van der Waals surface area contributed by atoms with E-state index in [-0.39, 0.29) is 11.9 Å². The van der Waals surface area contributed by atoms with Crippen molar-refractivity contribution < 1.29 is 13.6 Å². The number of ketones is 1. The Morgan fingerprint density at radius 1 is 0.926 bits per heavy atom. The average molecular weight is 411 g/mol. The molecule has 0 aromatic carbocycles. The predicted octanol–water partition coefficient (Wildman–Crippen LogP) is 6.66. The summed E-state index contributed by atoms with van der Waals surface area (Å²) in [4.78, 5) is 11.9. The average Bonchev–Trinajstić information content (AvgIpc) is 2.52. The van der Waals surface area contributed by atoms with Gasteiger partial charge in [0.05, 0.1) is 0 Å². The third-order valence-electron chi connectivity index (χ3n) is 3.69. The van der Waals surface area contributed by atoms with Gasteiger partial charge in [-0.2, -0.15) is 0 Å². The van der Waals surface area contributed by atoms with Crippen LogP contribution in [-0.2, 0) is 13.6 Å². The first-order valence-corrected chi connectivity index (χ1v) is 17.1. The Hall–Kier alpha value is -0.756. The summed E-state index contributed by atoms with van der Waals surface area (Å²) >= 11 is 0. The summed E-state index contributed by atoms with van der Waals surface area (Å²) in [5.74, 6) is 0.221. The van der Waals surface area contributed by atoms with Crippen LogP contribution in [0.15, 0.2) is 36.5 Å². The third-order valence-corrected chi connectivity index (χ3v) is 5.80. The van der Waals surface area contributed by atoms with Crippen LogP contribution in [0.3, 0.4) is 0 Å². The Bertz CT molecular complexity index is 483. The van der Waals surface area contributed by atoms with E-state index < -0.39 is 16.6 Å². The van der Waals surface area contributed by atoms with Crippen molar-refractivity contribution in [3.63, 3.8) is 0 Å². The molecule has 0 saturated carbocycles. The number of hydrogen-bond acceptors (Lipinski definition) is 3. The lowest BCUT2D eigenvalue weighted by Gasteiger charge is -2.27. The second-order valence-corrected chi connectivity index (χ2v) is 17.9. The van der Waals surface area contributed by atoms with Crippen LogP contribution in [0.2, 0.25) is 39.3 Å². The van der Waals surface area contributed by atoms with Crippen LogP contribution in [0, 0.1) is 0 Å². The summed E-state index contributed by atoms with van der Waals surface area (Å²) < 4.78 is 12.3. The molecule has 0 bridgehead atoms. The maximum absolute atomic E-state index is 11.9. The van der Waals surface area contributed by atoms with Crippen molar-refractivity contribution >= 4 is 22.4 Å². The zero-order valence-electron chi connectivity index (χ0n) is 18.7. The predicted molar refractivity (Wildman–Crippen MR) is 123 cm³/mol. The Morgan fingerprint density at radius 3 is 2.22 bits per heavy atom. The maximum Gasteiger partial charge on any atom is 0.184 e. The maximum atomic E-state index is 11.9. The first-order valence-electron chi connectivity index (χ1n) is 10.3. The van der Waals surface area contributed by atoms with E-state index in [1.807, 2.05) is 31.2 Å². The van der Waals surface area contributed by atoms with Crippen molar-refractivity contribution in [3.8, 4) is 0 Å². The van der Waals surface area contributed by atoms with Gasteiger partial charge in [-0.1, -0.05) is 30.4 Å². The van der Waals surface area contributed by atoms with Gasteiger partial charge in [-0.25, -0.2) is 0 Å². The highest BCUT2D eigenvalue weighted by molar-refractivity contribution is 6.70.